The monoisotopic (exact) mass is 300 g/mol. The molecule has 6 nitrogen and oxygen atoms in total. The van der Waals surface area contributed by atoms with Gasteiger partial charge in [0.15, 0.2) is 0 Å². The van der Waals surface area contributed by atoms with E-state index in [1.54, 1.807) is 0 Å². The van der Waals surface area contributed by atoms with Gasteiger partial charge in [0, 0.05) is 13.0 Å². The van der Waals surface area contributed by atoms with Crippen molar-refractivity contribution in [1.82, 2.24) is 10.6 Å². The van der Waals surface area contributed by atoms with Gasteiger partial charge in [-0.05, 0) is 44.2 Å². The molecule has 0 unspecified atom stereocenters. The van der Waals surface area contributed by atoms with E-state index in [2.05, 4.69) is 10.6 Å². The Hall–Kier alpha value is -1.14. The van der Waals surface area contributed by atoms with Crippen molar-refractivity contribution in [3.05, 3.63) is 0 Å². The molecule has 0 radical (unpaired) electrons. The lowest BCUT2D eigenvalue weighted by atomic mass is 9.84. The van der Waals surface area contributed by atoms with E-state index >= 15 is 0 Å². The average Bonchev–Trinajstić information content (AvgIpc) is 2.44. The predicted molar refractivity (Wildman–Crippen MR) is 80.1 cm³/mol. The highest BCUT2D eigenvalue weighted by molar-refractivity contribution is 5.77. The lowest BCUT2D eigenvalue weighted by Gasteiger charge is -2.24. The third-order valence-corrected chi connectivity index (χ3v) is 3.88. The molecule has 0 aromatic rings. The molecule has 1 saturated heterocycles. The zero-order valence-corrected chi connectivity index (χ0v) is 13.1. The van der Waals surface area contributed by atoms with Gasteiger partial charge in [0.2, 0.25) is 5.91 Å². The Bertz CT molecular complexity index is 339. The van der Waals surface area contributed by atoms with Crippen LogP contribution >= 0.6 is 0 Å². The maximum absolute atomic E-state index is 11.7. The van der Waals surface area contributed by atoms with Crippen LogP contribution in [0.25, 0.3) is 0 Å². The van der Waals surface area contributed by atoms with E-state index in [0.29, 0.717) is 13.0 Å². The van der Waals surface area contributed by atoms with Crippen molar-refractivity contribution < 1.29 is 19.4 Å². The number of hydrogen-bond acceptors (Lipinski definition) is 4. The zero-order valence-electron chi connectivity index (χ0n) is 13.1. The number of hydrogen-bond donors (Lipinski definition) is 3. The second-order valence-electron chi connectivity index (χ2n) is 6.42. The van der Waals surface area contributed by atoms with Crippen molar-refractivity contribution in [2.75, 3.05) is 26.2 Å². The number of carbonyl (C=O) groups is 2. The molecule has 1 amide bonds. The number of carboxylic acid groups (broad SMARTS) is 1. The summed E-state index contributed by atoms with van der Waals surface area (Å²) < 4.78 is 5.58. The minimum absolute atomic E-state index is 0.0818. The smallest absolute Gasteiger partial charge is 0.303 e. The fraction of sp³-hybridized carbons (Fsp3) is 0.867. The molecule has 0 aromatic carbocycles. The van der Waals surface area contributed by atoms with E-state index in [9.17, 15) is 9.59 Å². The quantitative estimate of drug-likeness (QED) is 0.594. The van der Waals surface area contributed by atoms with Gasteiger partial charge < -0.3 is 20.5 Å². The summed E-state index contributed by atoms with van der Waals surface area (Å²) in [5.41, 5.74) is -0.0818. The van der Waals surface area contributed by atoms with Gasteiger partial charge in [-0.1, -0.05) is 13.8 Å². The minimum atomic E-state index is -0.775. The Morgan fingerprint density at radius 2 is 1.95 bits per heavy atom. The lowest BCUT2D eigenvalue weighted by Crippen LogP contribution is -2.36. The molecule has 0 aliphatic carbocycles. The number of amides is 1. The van der Waals surface area contributed by atoms with Crippen molar-refractivity contribution in [2.45, 2.75) is 52.1 Å². The van der Waals surface area contributed by atoms with Crippen molar-refractivity contribution in [1.29, 1.82) is 0 Å². The van der Waals surface area contributed by atoms with Crippen LogP contribution in [0.15, 0.2) is 0 Å². The van der Waals surface area contributed by atoms with Crippen LogP contribution in [-0.4, -0.2) is 49.3 Å². The number of rotatable bonds is 9. The summed E-state index contributed by atoms with van der Waals surface area (Å²) in [6, 6.07) is 0. The first-order chi connectivity index (χ1) is 9.89. The molecule has 1 fully saturated rings. The molecule has 21 heavy (non-hydrogen) atoms. The van der Waals surface area contributed by atoms with E-state index in [0.717, 1.165) is 32.4 Å². The number of nitrogens with one attached hydrogen (secondary N) is 2. The predicted octanol–water partition coefficient (Wildman–Crippen LogP) is 1.15. The van der Waals surface area contributed by atoms with E-state index in [4.69, 9.17) is 9.84 Å². The van der Waals surface area contributed by atoms with Gasteiger partial charge >= 0.3 is 5.97 Å². The molecular formula is C15H28N2O4. The Balaban J connectivity index is 2.10. The highest BCUT2D eigenvalue weighted by atomic mass is 16.5. The standard InChI is InChI=1S/C15H28N2O4/c1-15(2,6-3-14(19)20)7-10-17-13(18)11-21-12-4-8-16-9-5-12/h12,16H,3-11H2,1-2H3,(H,17,18)(H,19,20). The van der Waals surface area contributed by atoms with E-state index in [-0.39, 0.29) is 30.5 Å². The van der Waals surface area contributed by atoms with Gasteiger partial charge in [-0.25, -0.2) is 0 Å². The zero-order chi connectivity index (χ0) is 15.7. The maximum atomic E-state index is 11.7. The largest absolute Gasteiger partial charge is 0.481 e. The van der Waals surface area contributed by atoms with Crippen molar-refractivity contribution in [3.8, 4) is 0 Å². The molecule has 1 aliphatic heterocycles. The van der Waals surface area contributed by atoms with Crippen LogP contribution in [0, 0.1) is 5.41 Å². The fourth-order valence-electron chi connectivity index (χ4n) is 2.32. The van der Waals surface area contributed by atoms with Crippen LogP contribution in [0.1, 0.15) is 46.0 Å². The maximum Gasteiger partial charge on any atom is 0.303 e. The van der Waals surface area contributed by atoms with Crippen LogP contribution < -0.4 is 10.6 Å². The van der Waals surface area contributed by atoms with E-state index in [1.165, 1.54) is 0 Å². The van der Waals surface area contributed by atoms with Crippen molar-refractivity contribution in [3.63, 3.8) is 0 Å². The Labute approximate surface area is 126 Å². The summed E-state index contributed by atoms with van der Waals surface area (Å²) in [6.45, 7) is 6.61. The summed E-state index contributed by atoms with van der Waals surface area (Å²) in [5, 5.41) is 14.8. The lowest BCUT2D eigenvalue weighted by molar-refractivity contribution is -0.137. The first-order valence-corrected chi connectivity index (χ1v) is 7.70. The molecule has 122 valence electrons. The molecule has 6 heteroatoms. The number of aliphatic carboxylic acids is 1. The van der Waals surface area contributed by atoms with Crippen LogP contribution in [0.4, 0.5) is 0 Å². The van der Waals surface area contributed by atoms with Crippen LogP contribution in [0.5, 0.6) is 0 Å². The average molecular weight is 300 g/mol. The van der Waals surface area contributed by atoms with Crippen LogP contribution in [0.2, 0.25) is 0 Å². The summed E-state index contributed by atoms with van der Waals surface area (Å²) in [4.78, 5) is 22.3. The van der Waals surface area contributed by atoms with Crippen molar-refractivity contribution in [2.24, 2.45) is 5.41 Å². The first-order valence-electron chi connectivity index (χ1n) is 7.70. The Morgan fingerprint density at radius 3 is 2.57 bits per heavy atom. The third-order valence-electron chi connectivity index (χ3n) is 3.88. The second kappa shape index (κ2) is 9.00. The van der Waals surface area contributed by atoms with Gasteiger partial charge in [-0.2, -0.15) is 0 Å². The Kier molecular flexibility index (Phi) is 7.67. The first kappa shape index (κ1) is 17.9. The molecule has 3 N–H and O–H groups in total. The summed E-state index contributed by atoms with van der Waals surface area (Å²) >= 11 is 0. The molecule has 0 aromatic heterocycles. The SMILES string of the molecule is CC(C)(CCNC(=O)COC1CCNCC1)CCC(=O)O. The Morgan fingerprint density at radius 1 is 1.29 bits per heavy atom. The molecule has 1 aliphatic rings. The molecular weight excluding hydrogens is 272 g/mol. The van der Waals surface area contributed by atoms with E-state index in [1.807, 2.05) is 13.8 Å². The minimum Gasteiger partial charge on any atom is -0.481 e. The second-order valence-corrected chi connectivity index (χ2v) is 6.42. The van der Waals surface area contributed by atoms with Gasteiger partial charge in [0.1, 0.15) is 6.61 Å². The summed E-state index contributed by atoms with van der Waals surface area (Å²) in [6.07, 6.45) is 3.64. The van der Waals surface area contributed by atoms with E-state index < -0.39 is 5.97 Å². The molecule has 0 bridgehead atoms. The molecule has 0 atom stereocenters. The number of piperidine rings is 1. The number of carbonyl (C=O) groups excluding carboxylic acids is 1. The summed E-state index contributed by atoms with van der Waals surface area (Å²) in [7, 11) is 0. The van der Waals surface area contributed by atoms with Gasteiger partial charge in [-0.15, -0.1) is 0 Å². The number of ether oxygens (including phenoxy) is 1. The fourth-order valence-corrected chi connectivity index (χ4v) is 2.32. The molecule has 0 saturated carbocycles. The normalized spacial score (nSPS) is 16.7. The molecule has 1 heterocycles. The molecule has 0 spiro atoms. The highest BCUT2D eigenvalue weighted by Crippen LogP contribution is 2.25. The molecule has 1 rings (SSSR count). The van der Waals surface area contributed by atoms with Crippen molar-refractivity contribution >= 4 is 11.9 Å². The van der Waals surface area contributed by atoms with Crippen LogP contribution in [-0.2, 0) is 14.3 Å². The van der Waals surface area contributed by atoms with Gasteiger partial charge in [-0.3, -0.25) is 9.59 Å². The number of carboxylic acids is 1. The summed E-state index contributed by atoms with van der Waals surface area (Å²) in [5.74, 6) is -0.870. The topological polar surface area (TPSA) is 87.7 Å². The third kappa shape index (κ3) is 8.67. The highest BCUT2D eigenvalue weighted by Gasteiger charge is 2.19. The van der Waals surface area contributed by atoms with Gasteiger partial charge in [0.05, 0.1) is 6.10 Å². The van der Waals surface area contributed by atoms with Gasteiger partial charge in [0.25, 0.3) is 0 Å². The van der Waals surface area contributed by atoms with Crippen LogP contribution in [0.3, 0.4) is 0 Å².